The van der Waals surface area contributed by atoms with Crippen molar-refractivity contribution in [2.75, 3.05) is 44.3 Å². The first-order valence-electron chi connectivity index (χ1n) is 13.6. The van der Waals surface area contributed by atoms with E-state index in [1.807, 2.05) is 29.8 Å². The number of piperazine rings is 1. The van der Waals surface area contributed by atoms with Crippen molar-refractivity contribution in [1.82, 2.24) is 24.6 Å². The third-order valence-electron chi connectivity index (χ3n) is 8.13. The third-order valence-corrected chi connectivity index (χ3v) is 8.13. The van der Waals surface area contributed by atoms with Gasteiger partial charge < -0.3 is 14.5 Å². The van der Waals surface area contributed by atoms with Gasteiger partial charge in [-0.3, -0.25) is 4.79 Å². The van der Waals surface area contributed by atoms with E-state index in [0.29, 0.717) is 5.91 Å². The highest BCUT2D eigenvalue weighted by Gasteiger charge is 2.31. The molecule has 1 aromatic carbocycles. The van der Waals surface area contributed by atoms with E-state index >= 15 is 0 Å². The maximum absolute atomic E-state index is 13.1. The highest BCUT2D eigenvalue weighted by atomic mass is 16.5. The summed E-state index contributed by atoms with van der Waals surface area (Å²) >= 11 is 0. The summed E-state index contributed by atoms with van der Waals surface area (Å²) in [7, 11) is 0. The average Bonchev–Trinajstić information content (AvgIpc) is 3.30. The van der Waals surface area contributed by atoms with Crippen molar-refractivity contribution in [1.29, 1.82) is 0 Å². The maximum Gasteiger partial charge on any atom is 0.225 e. The highest BCUT2D eigenvalue weighted by Crippen LogP contribution is 2.34. The summed E-state index contributed by atoms with van der Waals surface area (Å²) in [6, 6.07) is 10.2. The third kappa shape index (κ3) is 4.47. The molecular formula is C28H36N6O2. The number of nitrogens with zero attached hydrogens (tertiary/aromatic N) is 6. The van der Waals surface area contributed by atoms with E-state index < -0.39 is 0 Å². The van der Waals surface area contributed by atoms with Crippen molar-refractivity contribution in [3.63, 3.8) is 0 Å². The molecule has 1 amide bonds. The molecule has 0 atom stereocenters. The van der Waals surface area contributed by atoms with Gasteiger partial charge in [-0.2, -0.15) is 5.10 Å². The molecule has 0 N–H and O–H groups in total. The molecule has 190 valence electrons. The smallest absolute Gasteiger partial charge is 0.225 e. The molecule has 0 unspecified atom stereocenters. The van der Waals surface area contributed by atoms with Gasteiger partial charge in [-0.1, -0.05) is 37.5 Å². The molecule has 6 rings (SSSR count). The van der Waals surface area contributed by atoms with Crippen LogP contribution in [0.25, 0.3) is 16.7 Å². The second kappa shape index (κ2) is 10.2. The summed E-state index contributed by atoms with van der Waals surface area (Å²) in [6.07, 6.45) is 7.63. The van der Waals surface area contributed by atoms with Gasteiger partial charge in [-0.05, 0) is 44.7 Å². The molecule has 1 aliphatic carbocycles. The number of aryl methyl sites for hydroxylation is 1. The summed E-state index contributed by atoms with van der Waals surface area (Å²) in [6.45, 7) is 6.62. The van der Waals surface area contributed by atoms with Gasteiger partial charge in [0.2, 0.25) is 5.91 Å². The minimum absolute atomic E-state index is 0.225. The lowest BCUT2D eigenvalue weighted by Gasteiger charge is -2.38. The molecule has 3 fully saturated rings. The Balaban J connectivity index is 1.33. The number of aromatic nitrogens is 4. The van der Waals surface area contributed by atoms with E-state index in [1.165, 1.54) is 19.3 Å². The molecule has 3 aliphatic rings. The van der Waals surface area contributed by atoms with Gasteiger partial charge in [-0.25, -0.2) is 14.6 Å². The lowest BCUT2D eigenvalue weighted by molar-refractivity contribution is -0.136. The summed E-state index contributed by atoms with van der Waals surface area (Å²) < 4.78 is 7.58. The first kappa shape index (κ1) is 23.4. The predicted molar refractivity (Wildman–Crippen MR) is 140 cm³/mol. The summed E-state index contributed by atoms with van der Waals surface area (Å²) in [5.41, 5.74) is 2.80. The van der Waals surface area contributed by atoms with Crippen molar-refractivity contribution < 1.29 is 9.53 Å². The number of hydrogen-bond donors (Lipinski definition) is 0. The van der Waals surface area contributed by atoms with Gasteiger partial charge in [0.15, 0.2) is 5.65 Å². The van der Waals surface area contributed by atoms with Gasteiger partial charge in [0.25, 0.3) is 0 Å². The largest absolute Gasteiger partial charge is 0.381 e. The quantitative estimate of drug-likeness (QED) is 0.547. The van der Waals surface area contributed by atoms with Crippen LogP contribution in [0.3, 0.4) is 0 Å². The minimum atomic E-state index is 0.225. The normalized spacial score (nSPS) is 20.2. The highest BCUT2D eigenvalue weighted by molar-refractivity contribution is 5.91. The standard InChI is InChI=1S/C28H36N6O2/c1-20-24-26(32-14-16-33(17-15-32)28(35)22-8-4-2-5-9-22)29-25(21-12-18-36-19-13-21)30-27(24)34(31-20)23-10-6-3-7-11-23/h3,6-7,10-11,21-22H,2,4-5,8-9,12-19H2,1H3. The van der Waals surface area contributed by atoms with Crippen molar-refractivity contribution >= 4 is 22.8 Å². The summed E-state index contributed by atoms with van der Waals surface area (Å²) in [4.78, 5) is 27.9. The molecule has 2 aromatic heterocycles. The van der Waals surface area contributed by atoms with Crippen molar-refractivity contribution in [3.8, 4) is 5.69 Å². The molecule has 2 saturated heterocycles. The van der Waals surface area contributed by atoms with E-state index in [0.717, 1.165) is 99.1 Å². The maximum atomic E-state index is 13.1. The van der Waals surface area contributed by atoms with E-state index in [1.54, 1.807) is 0 Å². The van der Waals surface area contributed by atoms with Gasteiger partial charge in [0.05, 0.1) is 16.8 Å². The Bertz CT molecular complexity index is 1210. The molecule has 3 aromatic rings. The van der Waals surface area contributed by atoms with E-state index in [4.69, 9.17) is 19.8 Å². The average molecular weight is 489 g/mol. The van der Waals surface area contributed by atoms with E-state index in [2.05, 4.69) is 21.9 Å². The first-order chi connectivity index (χ1) is 17.7. The Kier molecular flexibility index (Phi) is 6.61. The molecule has 0 spiro atoms. The van der Waals surface area contributed by atoms with Crippen LogP contribution in [0.5, 0.6) is 0 Å². The van der Waals surface area contributed by atoms with Crippen LogP contribution in [-0.2, 0) is 9.53 Å². The number of fused-ring (bicyclic) bond motifs is 1. The molecule has 1 saturated carbocycles. The lowest BCUT2D eigenvalue weighted by atomic mass is 9.88. The molecule has 4 heterocycles. The molecular weight excluding hydrogens is 452 g/mol. The molecule has 2 aliphatic heterocycles. The van der Waals surface area contributed by atoms with Crippen LogP contribution < -0.4 is 4.90 Å². The van der Waals surface area contributed by atoms with Gasteiger partial charge in [0, 0.05) is 51.2 Å². The number of carbonyl (C=O) groups is 1. The number of amides is 1. The second-order valence-electron chi connectivity index (χ2n) is 10.5. The van der Waals surface area contributed by atoms with Gasteiger partial charge in [-0.15, -0.1) is 0 Å². The van der Waals surface area contributed by atoms with Crippen LogP contribution in [0.4, 0.5) is 5.82 Å². The van der Waals surface area contributed by atoms with Crippen LogP contribution in [0.15, 0.2) is 30.3 Å². The number of rotatable bonds is 4. The first-order valence-corrected chi connectivity index (χ1v) is 13.6. The molecule has 0 bridgehead atoms. The number of anilines is 1. The van der Waals surface area contributed by atoms with Crippen LogP contribution >= 0.6 is 0 Å². The van der Waals surface area contributed by atoms with E-state index in [9.17, 15) is 4.79 Å². The Morgan fingerprint density at radius 1 is 0.917 bits per heavy atom. The number of hydrogen-bond acceptors (Lipinski definition) is 6. The van der Waals surface area contributed by atoms with Crippen molar-refractivity contribution in [2.24, 2.45) is 5.92 Å². The minimum Gasteiger partial charge on any atom is -0.381 e. The molecule has 8 nitrogen and oxygen atoms in total. The summed E-state index contributed by atoms with van der Waals surface area (Å²) in [5.74, 6) is 2.72. The zero-order valence-corrected chi connectivity index (χ0v) is 21.2. The lowest BCUT2D eigenvalue weighted by Crippen LogP contribution is -2.51. The second-order valence-corrected chi connectivity index (χ2v) is 10.5. The fourth-order valence-corrected chi connectivity index (χ4v) is 6.04. The van der Waals surface area contributed by atoms with Crippen LogP contribution in [-0.4, -0.2) is 69.9 Å². The number of para-hydroxylation sites is 1. The fourth-order valence-electron chi connectivity index (χ4n) is 6.04. The Labute approximate surface area is 212 Å². The number of ether oxygens (including phenoxy) is 1. The summed E-state index contributed by atoms with van der Waals surface area (Å²) in [5, 5.41) is 5.92. The predicted octanol–water partition coefficient (Wildman–Crippen LogP) is 4.25. The zero-order chi connectivity index (χ0) is 24.5. The zero-order valence-electron chi connectivity index (χ0n) is 21.2. The molecule has 36 heavy (non-hydrogen) atoms. The van der Waals surface area contributed by atoms with Crippen molar-refractivity contribution in [3.05, 3.63) is 41.9 Å². The van der Waals surface area contributed by atoms with Crippen molar-refractivity contribution in [2.45, 2.75) is 57.8 Å². The number of carbonyl (C=O) groups excluding carboxylic acids is 1. The van der Waals surface area contributed by atoms with E-state index in [-0.39, 0.29) is 11.8 Å². The fraction of sp³-hybridized carbons (Fsp3) is 0.571. The molecule has 0 radical (unpaired) electrons. The topological polar surface area (TPSA) is 76.4 Å². The monoisotopic (exact) mass is 488 g/mol. The number of benzene rings is 1. The van der Waals surface area contributed by atoms with Gasteiger partial charge >= 0.3 is 0 Å². The Morgan fingerprint density at radius 3 is 2.36 bits per heavy atom. The SMILES string of the molecule is Cc1nn(-c2ccccc2)c2nc(C3CCOCC3)nc(N3CCN(C(=O)C4CCCCC4)CC3)c12. The van der Waals surface area contributed by atoms with Gasteiger partial charge in [0.1, 0.15) is 11.6 Å². The molecule has 8 heteroatoms. The Hall–Kier alpha value is -3.00. The van der Waals surface area contributed by atoms with Crippen LogP contribution in [0.2, 0.25) is 0 Å². The van der Waals surface area contributed by atoms with Crippen LogP contribution in [0, 0.1) is 12.8 Å². The Morgan fingerprint density at radius 2 is 1.64 bits per heavy atom. The van der Waals surface area contributed by atoms with Crippen LogP contribution in [0.1, 0.15) is 62.4 Å².